The summed E-state index contributed by atoms with van der Waals surface area (Å²) in [5.41, 5.74) is 3.89. The molecule has 3 rings (SSSR count). The molecular weight excluding hydrogens is 311 g/mol. The molecule has 4 heteroatoms. The van der Waals surface area contributed by atoms with Crippen LogP contribution in [0.25, 0.3) is 11.1 Å². The van der Waals surface area contributed by atoms with Crippen molar-refractivity contribution in [3.05, 3.63) is 58.7 Å². The second kappa shape index (κ2) is 6.60. The van der Waals surface area contributed by atoms with Crippen molar-refractivity contribution in [2.45, 2.75) is 38.8 Å². The van der Waals surface area contributed by atoms with Crippen molar-refractivity contribution in [2.24, 2.45) is 0 Å². The van der Waals surface area contributed by atoms with Gasteiger partial charge in [-0.15, -0.1) is 0 Å². The molecule has 2 aromatic carbocycles. The smallest absolute Gasteiger partial charge is 0.317 e. The summed E-state index contributed by atoms with van der Waals surface area (Å²) in [6, 6.07) is 10.5. The summed E-state index contributed by atoms with van der Waals surface area (Å²) < 4.78 is 40.1. The first-order chi connectivity index (χ1) is 11.3. The fraction of sp³-hybridized carbons (Fsp3) is 0.400. The number of benzene rings is 2. The highest BCUT2D eigenvalue weighted by Crippen LogP contribution is 2.37. The largest absolute Gasteiger partial charge is 0.416 e. The van der Waals surface area contributed by atoms with Gasteiger partial charge in [0.2, 0.25) is 0 Å². The number of hydrogen-bond acceptors (Lipinski definition) is 1. The number of piperidine rings is 1. The van der Waals surface area contributed by atoms with E-state index in [2.05, 4.69) is 5.32 Å². The number of hydrogen-bond donors (Lipinski definition) is 1. The number of aryl methyl sites for hydroxylation is 2. The molecule has 0 saturated carbocycles. The molecule has 2 aromatic rings. The SMILES string of the molecule is Cc1cc(C)cc(-c2cc(C3CCNCC3)cc(C(F)(F)F)c2)c1. The normalized spacial score (nSPS) is 16.4. The van der Waals surface area contributed by atoms with Crippen molar-refractivity contribution in [3.63, 3.8) is 0 Å². The fourth-order valence-electron chi connectivity index (χ4n) is 3.51. The maximum absolute atomic E-state index is 13.4. The van der Waals surface area contributed by atoms with Crippen LogP contribution in [0.3, 0.4) is 0 Å². The maximum Gasteiger partial charge on any atom is 0.416 e. The summed E-state index contributed by atoms with van der Waals surface area (Å²) >= 11 is 0. The summed E-state index contributed by atoms with van der Waals surface area (Å²) in [7, 11) is 0. The first kappa shape index (κ1) is 17.0. The van der Waals surface area contributed by atoms with Gasteiger partial charge < -0.3 is 5.32 Å². The van der Waals surface area contributed by atoms with Crippen molar-refractivity contribution in [1.29, 1.82) is 0 Å². The Morgan fingerprint density at radius 2 is 1.42 bits per heavy atom. The number of halogens is 3. The van der Waals surface area contributed by atoms with Gasteiger partial charge >= 0.3 is 6.18 Å². The van der Waals surface area contributed by atoms with Gasteiger partial charge in [0.05, 0.1) is 5.56 Å². The second-order valence-electron chi connectivity index (χ2n) is 6.74. The minimum absolute atomic E-state index is 0.193. The third kappa shape index (κ3) is 3.81. The molecule has 0 spiro atoms. The molecule has 128 valence electrons. The Morgan fingerprint density at radius 1 is 0.833 bits per heavy atom. The maximum atomic E-state index is 13.4. The van der Waals surface area contributed by atoms with Gasteiger partial charge in [-0.3, -0.25) is 0 Å². The Labute approximate surface area is 140 Å². The second-order valence-corrected chi connectivity index (χ2v) is 6.74. The van der Waals surface area contributed by atoms with Gasteiger partial charge in [-0.25, -0.2) is 0 Å². The van der Waals surface area contributed by atoms with Crippen molar-refractivity contribution in [1.82, 2.24) is 5.32 Å². The lowest BCUT2D eigenvalue weighted by atomic mass is 9.86. The summed E-state index contributed by atoms with van der Waals surface area (Å²) in [4.78, 5) is 0. The van der Waals surface area contributed by atoms with E-state index >= 15 is 0 Å². The monoisotopic (exact) mass is 333 g/mol. The van der Waals surface area contributed by atoms with Gasteiger partial charge in [0.1, 0.15) is 0 Å². The topological polar surface area (TPSA) is 12.0 Å². The predicted molar refractivity (Wildman–Crippen MR) is 91.2 cm³/mol. The van der Waals surface area contributed by atoms with Gasteiger partial charge in [0.25, 0.3) is 0 Å². The number of nitrogens with one attached hydrogen (secondary N) is 1. The Kier molecular flexibility index (Phi) is 4.68. The molecule has 0 bridgehead atoms. The summed E-state index contributed by atoms with van der Waals surface area (Å²) in [6.45, 7) is 5.66. The van der Waals surface area contributed by atoms with Crippen molar-refractivity contribution in [3.8, 4) is 11.1 Å². The lowest BCUT2D eigenvalue weighted by molar-refractivity contribution is -0.137. The molecule has 0 atom stereocenters. The number of rotatable bonds is 2. The van der Waals surface area contributed by atoms with E-state index in [1.165, 1.54) is 12.1 Å². The first-order valence-electron chi connectivity index (χ1n) is 8.34. The average molecular weight is 333 g/mol. The van der Waals surface area contributed by atoms with Crippen LogP contribution in [0.15, 0.2) is 36.4 Å². The minimum Gasteiger partial charge on any atom is -0.317 e. The van der Waals surface area contributed by atoms with Crippen molar-refractivity contribution >= 4 is 0 Å². The van der Waals surface area contributed by atoms with Crippen molar-refractivity contribution < 1.29 is 13.2 Å². The van der Waals surface area contributed by atoms with E-state index in [0.29, 0.717) is 5.56 Å². The zero-order valence-electron chi connectivity index (χ0n) is 14.0. The lowest BCUT2D eigenvalue weighted by Crippen LogP contribution is -2.26. The lowest BCUT2D eigenvalue weighted by Gasteiger charge is -2.24. The molecule has 0 unspecified atom stereocenters. The Morgan fingerprint density at radius 3 is 2.00 bits per heavy atom. The van der Waals surface area contributed by atoms with E-state index in [9.17, 15) is 13.2 Å². The van der Waals surface area contributed by atoms with Gasteiger partial charge in [-0.1, -0.05) is 35.4 Å². The minimum atomic E-state index is -4.32. The van der Waals surface area contributed by atoms with E-state index < -0.39 is 11.7 Å². The van der Waals surface area contributed by atoms with Gasteiger partial charge in [0.15, 0.2) is 0 Å². The van der Waals surface area contributed by atoms with Crippen molar-refractivity contribution in [2.75, 3.05) is 13.1 Å². The average Bonchev–Trinajstić information content (AvgIpc) is 2.53. The third-order valence-corrected chi connectivity index (χ3v) is 4.65. The molecule has 1 heterocycles. The summed E-state index contributed by atoms with van der Waals surface area (Å²) in [5, 5.41) is 3.27. The zero-order valence-corrected chi connectivity index (χ0v) is 14.0. The van der Waals surface area contributed by atoms with E-state index in [-0.39, 0.29) is 5.92 Å². The molecule has 1 N–H and O–H groups in total. The third-order valence-electron chi connectivity index (χ3n) is 4.65. The molecule has 0 amide bonds. The first-order valence-corrected chi connectivity index (χ1v) is 8.34. The molecule has 1 nitrogen and oxygen atoms in total. The standard InChI is InChI=1S/C20H22F3N/c1-13-7-14(2)9-16(8-13)18-10-17(15-3-5-24-6-4-15)11-19(12-18)20(21,22)23/h7-12,15,24H,3-6H2,1-2H3. The number of alkyl halides is 3. The Hall–Kier alpha value is -1.81. The zero-order chi connectivity index (χ0) is 17.3. The van der Waals surface area contributed by atoms with Crippen LogP contribution in [0.1, 0.15) is 41.0 Å². The van der Waals surface area contributed by atoms with Crippen LogP contribution in [0.5, 0.6) is 0 Å². The predicted octanol–water partition coefficient (Wildman–Crippen LogP) is 5.46. The Bertz CT molecular complexity index is 708. The molecule has 24 heavy (non-hydrogen) atoms. The quantitative estimate of drug-likeness (QED) is 0.770. The van der Waals surface area contributed by atoms with Crippen LogP contribution in [0.4, 0.5) is 13.2 Å². The van der Waals surface area contributed by atoms with Crippen LogP contribution >= 0.6 is 0 Å². The van der Waals surface area contributed by atoms with Crippen LogP contribution in [0, 0.1) is 13.8 Å². The van der Waals surface area contributed by atoms with Crippen LogP contribution in [-0.4, -0.2) is 13.1 Å². The molecule has 0 aromatic heterocycles. The summed E-state index contributed by atoms with van der Waals surface area (Å²) in [5.74, 6) is 0.193. The van der Waals surface area contributed by atoms with Gasteiger partial charge in [-0.2, -0.15) is 13.2 Å². The molecular formula is C20H22F3N. The highest BCUT2D eigenvalue weighted by atomic mass is 19.4. The van der Waals surface area contributed by atoms with Gasteiger partial charge in [0, 0.05) is 0 Å². The molecule has 1 saturated heterocycles. The highest BCUT2D eigenvalue weighted by Gasteiger charge is 2.32. The van der Waals surface area contributed by atoms with Crippen LogP contribution < -0.4 is 5.32 Å². The Balaban J connectivity index is 2.10. The van der Waals surface area contributed by atoms with E-state index in [0.717, 1.165) is 48.2 Å². The summed E-state index contributed by atoms with van der Waals surface area (Å²) in [6.07, 6.45) is -2.56. The molecule has 0 aliphatic carbocycles. The molecule has 0 radical (unpaired) electrons. The molecule has 1 fully saturated rings. The highest BCUT2D eigenvalue weighted by molar-refractivity contribution is 5.67. The van der Waals surface area contributed by atoms with E-state index in [1.807, 2.05) is 38.1 Å². The molecule has 1 aliphatic rings. The fourth-order valence-corrected chi connectivity index (χ4v) is 3.51. The molecule has 1 aliphatic heterocycles. The van der Waals surface area contributed by atoms with E-state index in [4.69, 9.17) is 0 Å². The van der Waals surface area contributed by atoms with Crippen LogP contribution in [-0.2, 0) is 6.18 Å². The van der Waals surface area contributed by atoms with Gasteiger partial charge in [-0.05, 0) is 74.5 Å². The van der Waals surface area contributed by atoms with E-state index in [1.54, 1.807) is 0 Å². The van der Waals surface area contributed by atoms with Crippen LogP contribution in [0.2, 0.25) is 0 Å².